The minimum atomic E-state index is -1.30. The summed E-state index contributed by atoms with van der Waals surface area (Å²) in [5.74, 6) is -2.29. The van der Waals surface area contributed by atoms with Gasteiger partial charge in [-0.3, -0.25) is 9.59 Å². The number of carbonyl (C=O) groups is 3. The minimum absolute atomic E-state index is 0.00580. The van der Waals surface area contributed by atoms with Crippen molar-refractivity contribution in [1.82, 2.24) is 5.16 Å². The molecule has 168 valence electrons. The molecule has 0 radical (unpaired) electrons. The summed E-state index contributed by atoms with van der Waals surface area (Å²) in [6.07, 6.45) is 0. The number of fused-ring (bicyclic) bond motifs is 1. The summed E-state index contributed by atoms with van der Waals surface area (Å²) in [6, 6.07) is 16.7. The number of hydrogen-bond acceptors (Lipinski definition) is 6. The fourth-order valence-corrected chi connectivity index (χ4v) is 3.62. The molecule has 1 heterocycles. The van der Waals surface area contributed by atoms with Crippen LogP contribution in [0, 0.1) is 18.3 Å². The number of anilines is 2. The highest BCUT2D eigenvalue weighted by Crippen LogP contribution is 2.35. The van der Waals surface area contributed by atoms with Crippen molar-refractivity contribution < 1.29 is 24.0 Å². The fourth-order valence-electron chi connectivity index (χ4n) is 3.62. The van der Waals surface area contributed by atoms with Crippen molar-refractivity contribution in [3.8, 4) is 17.2 Å². The second-order valence-corrected chi connectivity index (χ2v) is 7.55. The molecule has 34 heavy (non-hydrogen) atoms. The van der Waals surface area contributed by atoms with E-state index in [0.29, 0.717) is 22.2 Å². The van der Waals surface area contributed by atoms with Gasteiger partial charge in [-0.2, -0.15) is 5.26 Å². The highest BCUT2D eigenvalue weighted by molar-refractivity contribution is 6.14. The van der Waals surface area contributed by atoms with Crippen LogP contribution in [0.5, 0.6) is 0 Å². The number of amides is 2. The molecule has 0 aliphatic carbocycles. The standard InChI is InChI=1S/C25H18N4O5/c1-13-5-3-4-6-16(13)17-11-22-19(10-21(17)27-14(2)30)23(29-34-22)24(31)28-20-8-7-15(12-26)9-18(20)25(32)33/h3-11H,1-2H3,(H,27,30)(H,28,31)(H,32,33). The van der Waals surface area contributed by atoms with Crippen LogP contribution in [0.3, 0.4) is 0 Å². The number of benzene rings is 3. The van der Waals surface area contributed by atoms with Gasteiger partial charge >= 0.3 is 5.97 Å². The van der Waals surface area contributed by atoms with Crippen LogP contribution < -0.4 is 10.6 Å². The van der Waals surface area contributed by atoms with E-state index >= 15 is 0 Å². The van der Waals surface area contributed by atoms with E-state index < -0.39 is 11.9 Å². The Morgan fingerprint density at radius 3 is 2.44 bits per heavy atom. The van der Waals surface area contributed by atoms with Gasteiger partial charge in [-0.15, -0.1) is 0 Å². The highest BCUT2D eigenvalue weighted by atomic mass is 16.5. The lowest BCUT2D eigenvalue weighted by atomic mass is 9.97. The SMILES string of the molecule is CC(=O)Nc1cc2c(C(=O)Nc3ccc(C#N)cc3C(=O)O)noc2cc1-c1ccccc1C. The summed E-state index contributed by atoms with van der Waals surface area (Å²) in [4.78, 5) is 36.4. The van der Waals surface area contributed by atoms with Crippen LogP contribution in [0.4, 0.5) is 11.4 Å². The molecule has 3 aromatic carbocycles. The van der Waals surface area contributed by atoms with Gasteiger partial charge in [-0.25, -0.2) is 4.79 Å². The fraction of sp³-hybridized carbons (Fsp3) is 0.0800. The van der Waals surface area contributed by atoms with E-state index in [2.05, 4.69) is 15.8 Å². The molecule has 3 N–H and O–H groups in total. The van der Waals surface area contributed by atoms with E-state index in [1.165, 1.54) is 25.1 Å². The number of carbonyl (C=O) groups excluding carboxylic acids is 2. The first-order chi connectivity index (χ1) is 16.3. The molecule has 0 aliphatic heterocycles. The van der Waals surface area contributed by atoms with Crippen LogP contribution >= 0.6 is 0 Å². The topological polar surface area (TPSA) is 145 Å². The molecular formula is C25H18N4O5. The molecule has 0 saturated heterocycles. The Hall–Kier alpha value is -4.97. The predicted octanol–water partition coefficient (Wildman–Crippen LogP) is 4.58. The highest BCUT2D eigenvalue weighted by Gasteiger charge is 2.22. The largest absolute Gasteiger partial charge is 0.478 e. The third-order valence-corrected chi connectivity index (χ3v) is 5.20. The predicted molar refractivity (Wildman–Crippen MR) is 125 cm³/mol. The van der Waals surface area contributed by atoms with Gasteiger partial charge in [0.05, 0.1) is 28.3 Å². The number of aromatic carboxylic acids is 1. The van der Waals surface area contributed by atoms with E-state index in [1.54, 1.807) is 12.1 Å². The van der Waals surface area contributed by atoms with Crippen molar-refractivity contribution in [3.05, 3.63) is 77.0 Å². The second-order valence-electron chi connectivity index (χ2n) is 7.55. The molecule has 4 aromatic rings. The maximum Gasteiger partial charge on any atom is 0.337 e. The molecule has 1 aromatic heterocycles. The van der Waals surface area contributed by atoms with Crippen molar-refractivity contribution in [1.29, 1.82) is 5.26 Å². The zero-order chi connectivity index (χ0) is 24.4. The van der Waals surface area contributed by atoms with E-state index in [0.717, 1.165) is 11.1 Å². The Kier molecular flexibility index (Phi) is 5.80. The van der Waals surface area contributed by atoms with Crippen molar-refractivity contribution in [2.75, 3.05) is 10.6 Å². The van der Waals surface area contributed by atoms with Crippen molar-refractivity contribution in [2.24, 2.45) is 0 Å². The smallest absolute Gasteiger partial charge is 0.337 e. The zero-order valence-electron chi connectivity index (χ0n) is 18.2. The Balaban J connectivity index is 1.79. The Labute approximate surface area is 193 Å². The Bertz CT molecular complexity index is 1510. The number of aryl methyl sites for hydroxylation is 1. The number of hydrogen-bond donors (Lipinski definition) is 3. The number of carboxylic acids is 1. The lowest BCUT2D eigenvalue weighted by Crippen LogP contribution is -2.15. The zero-order valence-corrected chi connectivity index (χ0v) is 18.2. The van der Waals surface area contributed by atoms with Crippen LogP contribution in [0.15, 0.2) is 59.1 Å². The third kappa shape index (κ3) is 4.20. The third-order valence-electron chi connectivity index (χ3n) is 5.20. The van der Waals surface area contributed by atoms with Gasteiger partial charge < -0.3 is 20.3 Å². The van der Waals surface area contributed by atoms with Crippen LogP contribution in [-0.2, 0) is 4.79 Å². The molecule has 2 amide bonds. The average Bonchev–Trinajstić information content (AvgIpc) is 3.21. The van der Waals surface area contributed by atoms with Crippen molar-refractivity contribution >= 4 is 40.1 Å². The molecule has 0 atom stereocenters. The van der Waals surface area contributed by atoms with Gasteiger partial charge in [-0.05, 0) is 48.4 Å². The molecule has 4 rings (SSSR count). The molecule has 0 bridgehead atoms. The Morgan fingerprint density at radius 2 is 1.76 bits per heavy atom. The van der Waals surface area contributed by atoms with E-state index in [1.807, 2.05) is 37.3 Å². The maximum absolute atomic E-state index is 13.0. The molecule has 0 fully saturated rings. The van der Waals surface area contributed by atoms with Gasteiger partial charge in [0.1, 0.15) is 0 Å². The van der Waals surface area contributed by atoms with Gasteiger partial charge in [0.15, 0.2) is 11.3 Å². The number of nitriles is 1. The van der Waals surface area contributed by atoms with Crippen LogP contribution in [0.25, 0.3) is 22.1 Å². The van der Waals surface area contributed by atoms with Crippen molar-refractivity contribution in [3.63, 3.8) is 0 Å². The number of nitrogens with one attached hydrogen (secondary N) is 2. The van der Waals surface area contributed by atoms with Crippen LogP contribution in [0.2, 0.25) is 0 Å². The van der Waals surface area contributed by atoms with Gasteiger partial charge in [0, 0.05) is 18.2 Å². The molecule has 9 nitrogen and oxygen atoms in total. The summed E-state index contributed by atoms with van der Waals surface area (Å²) in [7, 11) is 0. The summed E-state index contributed by atoms with van der Waals surface area (Å²) in [5.41, 5.74) is 3.17. The minimum Gasteiger partial charge on any atom is -0.478 e. The molecule has 0 saturated carbocycles. The first-order valence-corrected chi connectivity index (χ1v) is 10.1. The van der Waals surface area contributed by atoms with E-state index in [9.17, 15) is 19.5 Å². The summed E-state index contributed by atoms with van der Waals surface area (Å²) in [5, 5.41) is 28.0. The van der Waals surface area contributed by atoms with Crippen LogP contribution in [0.1, 0.15) is 38.9 Å². The average molecular weight is 454 g/mol. The molecular weight excluding hydrogens is 436 g/mol. The normalized spacial score (nSPS) is 10.5. The lowest BCUT2D eigenvalue weighted by Gasteiger charge is -2.13. The summed E-state index contributed by atoms with van der Waals surface area (Å²) in [6.45, 7) is 3.32. The molecule has 0 unspecified atom stereocenters. The number of nitrogens with zero attached hydrogens (tertiary/aromatic N) is 2. The lowest BCUT2D eigenvalue weighted by molar-refractivity contribution is -0.114. The van der Waals surface area contributed by atoms with Gasteiger partial charge in [0.25, 0.3) is 5.91 Å². The molecule has 9 heteroatoms. The summed E-state index contributed by atoms with van der Waals surface area (Å²) >= 11 is 0. The number of rotatable bonds is 5. The van der Waals surface area contributed by atoms with Crippen LogP contribution in [-0.4, -0.2) is 28.0 Å². The molecule has 0 spiro atoms. The first kappa shape index (κ1) is 22.2. The van der Waals surface area contributed by atoms with E-state index in [-0.39, 0.29) is 28.4 Å². The Morgan fingerprint density at radius 1 is 1.00 bits per heavy atom. The number of carboxylic acid groups (broad SMARTS) is 1. The maximum atomic E-state index is 13.0. The quantitative estimate of drug-likeness (QED) is 0.400. The van der Waals surface area contributed by atoms with E-state index in [4.69, 9.17) is 9.78 Å². The van der Waals surface area contributed by atoms with Gasteiger partial charge in [-0.1, -0.05) is 29.4 Å². The van der Waals surface area contributed by atoms with Gasteiger partial charge in [0.2, 0.25) is 5.91 Å². The molecule has 0 aliphatic rings. The van der Waals surface area contributed by atoms with Crippen molar-refractivity contribution in [2.45, 2.75) is 13.8 Å². The monoisotopic (exact) mass is 454 g/mol. The second kappa shape index (κ2) is 8.88. The summed E-state index contributed by atoms with van der Waals surface area (Å²) < 4.78 is 5.40. The number of aromatic nitrogens is 1. The first-order valence-electron chi connectivity index (χ1n) is 10.1.